The number of hydrogen-bond donors (Lipinski definition) is 0. The largest absolute Gasteiger partial charge is 1.00 e. The van der Waals surface area contributed by atoms with Crippen LogP contribution in [0.4, 0.5) is 17.6 Å². The van der Waals surface area contributed by atoms with Crippen molar-refractivity contribution in [1.29, 1.82) is 0 Å². The van der Waals surface area contributed by atoms with Crippen LogP contribution in [0.15, 0.2) is 115 Å². The first-order chi connectivity index (χ1) is 16.4. The summed E-state index contributed by atoms with van der Waals surface area (Å²) >= 11 is 0. The Kier molecular flexibility index (Phi) is 7.07. The maximum atomic E-state index is 14.2. The molecule has 0 aliphatic rings. The SMILES string of the molecule is Fc1cc2ccc([P+](c3ccccc3)(c3ccccc3)c3ccccc3)nc2cc1C(F)(F)F.[Br-]. The highest BCUT2D eigenvalue weighted by Gasteiger charge is 2.49. The molecule has 0 bridgehead atoms. The molecule has 0 aliphatic heterocycles. The van der Waals surface area contributed by atoms with Crippen molar-refractivity contribution < 1.29 is 34.5 Å². The lowest BCUT2D eigenvalue weighted by molar-refractivity contribution is -0.139. The van der Waals surface area contributed by atoms with Crippen LogP contribution in [0.25, 0.3) is 10.9 Å². The van der Waals surface area contributed by atoms with E-state index in [0.717, 1.165) is 28.0 Å². The van der Waals surface area contributed by atoms with E-state index in [1.807, 2.05) is 97.1 Å². The summed E-state index contributed by atoms with van der Waals surface area (Å²) in [4.78, 5) is 4.77. The minimum atomic E-state index is -4.81. The molecular formula is C28H19BrF4NP. The first-order valence-corrected chi connectivity index (χ1v) is 12.4. The van der Waals surface area contributed by atoms with Gasteiger partial charge in [-0.25, -0.2) is 9.37 Å². The maximum Gasteiger partial charge on any atom is 0.419 e. The molecule has 0 aliphatic carbocycles. The van der Waals surface area contributed by atoms with E-state index < -0.39 is 24.8 Å². The summed E-state index contributed by atoms with van der Waals surface area (Å²) in [5.41, 5.74) is -0.547. The van der Waals surface area contributed by atoms with Crippen molar-refractivity contribution in [2.24, 2.45) is 0 Å². The van der Waals surface area contributed by atoms with Crippen molar-refractivity contribution >= 4 is 39.5 Å². The van der Waals surface area contributed by atoms with Crippen LogP contribution in [-0.2, 0) is 6.18 Å². The molecule has 0 atom stereocenters. The number of hydrogen-bond acceptors (Lipinski definition) is 1. The summed E-state index contributed by atoms with van der Waals surface area (Å²) in [6.07, 6.45) is -4.81. The zero-order valence-corrected chi connectivity index (χ0v) is 20.7. The fourth-order valence-electron chi connectivity index (χ4n) is 4.34. The van der Waals surface area contributed by atoms with E-state index in [1.165, 1.54) is 0 Å². The highest BCUT2D eigenvalue weighted by Crippen LogP contribution is 2.53. The Balaban J connectivity index is 0.00000289. The minimum Gasteiger partial charge on any atom is -1.00 e. The van der Waals surface area contributed by atoms with Gasteiger partial charge in [-0.1, -0.05) is 54.6 Å². The Morgan fingerprint density at radius 3 is 1.49 bits per heavy atom. The van der Waals surface area contributed by atoms with Gasteiger partial charge in [-0.05, 0) is 54.6 Å². The zero-order chi connectivity index (χ0) is 23.8. The number of aromatic nitrogens is 1. The Hall–Kier alpha value is -3.08. The lowest BCUT2D eigenvalue weighted by Crippen LogP contribution is -3.00. The quantitative estimate of drug-likeness (QED) is 0.245. The van der Waals surface area contributed by atoms with Crippen LogP contribution in [-0.4, -0.2) is 4.98 Å². The van der Waals surface area contributed by atoms with Gasteiger partial charge in [0.1, 0.15) is 21.7 Å². The molecule has 0 saturated heterocycles. The normalized spacial score (nSPS) is 11.8. The van der Waals surface area contributed by atoms with Crippen molar-refractivity contribution in [1.82, 2.24) is 4.98 Å². The number of alkyl halides is 3. The van der Waals surface area contributed by atoms with Crippen LogP contribution >= 0.6 is 7.26 Å². The molecule has 176 valence electrons. The van der Waals surface area contributed by atoms with E-state index in [0.29, 0.717) is 10.8 Å². The lowest BCUT2D eigenvalue weighted by atomic mass is 10.1. The highest BCUT2D eigenvalue weighted by atomic mass is 79.9. The molecule has 0 radical (unpaired) electrons. The summed E-state index contributed by atoms with van der Waals surface area (Å²) in [6.45, 7) is 0. The number of benzene rings is 4. The molecule has 7 heteroatoms. The van der Waals surface area contributed by atoms with Gasteiger partial charge in [-0.15, -0.1) is 0 Å². The molecule has 0 saturated carbocycles. The van der Waals surface area contributed by atoms with E-state index >= 15 is 0 Å². The average Bonchev–Trinajstić information content (AvgIpc) is 2.85. The predicted octanol–water partition coefficient (Wildman–Crippen LogP) is 3.02. The van der Waals surface area contributed by atoms with Crippen LogP contribution in [0.5, 0.6) is 0 Å². The Labute approximate surface area is 211 Å². The molecule has 1 nitrogen and oxygen atoms in total. The number of rotatable bonds is 4. The van der Waals surface area contributed by atoms with Gasteiger partial charge in [0, 0.05) is 11.5 Å². The predicted molar refractivity (Wildman–Crippen MR) is 131 cm³/mol. The molecule has 1 aromatic heterocycles. The molecule has 1 heterocycles. The van der Waals surface area contributed by atoms with Gasteiger partial charge in [-0.2, -0.15) is 13.2 Å². The Morgan fingerprint density at radius 1 is 0.600 bits per heavy atom. The summed E-state index contributed by atoms with van der Waals surface area (Å²) in [5.74, 6) is -1.30. The third-order valence-electron chi connectivity index (χ3n) is 5.84. The number of pyridine rings is 1. The van der Waals surface area contributed by atoms with E-state index in [1.54, 1.807) is 6.07 Å². The monoisotopic (exact) mass is 555 g/mol. The van der Waals surface area contributed by atoms with Crippen LogP contribution in [0.1, 0.15) is 5.56 Å². The second kappa shape index (κ2) is 9.88. The molecule has 0 N–H and O–H groups in total. The summed E-state index contributed by atoms with van der Waals surface area (Å²) in [6, 6.07) is 34.9. The standard InChI is InChI=1S/C28H19F4NP.BrH/c29-25-18-20-16-17-27(33-26(20)19-24(25)28(30,31)32)34(21-10-4-1-5-11-21,22-12-6-2-7-13-22)23-14-8-3-9-15-23;/h1-19H;1H/q+1;/p-1. The smallest absolute Gasteiger partial charge is 0.419 e. The summed E-state index contributed by atoms with van der Waals surface area (Å²) in [7, 11) is -2.56. The van der Waals surface area contributed by atoms with Crippen LogP contribution in [0, 0.1) is 5.82 Å². The molecule has 0 unspecified atom stereocenters. The second-order valence-electron chi connectivity index (χ2n) is 7.87. The van der Waals surface area contributed by atoms with Gasteiger partial charge in [0.05, 0.1) is 11.1 Å². The van der Waals surface area contributed by atoms with E-state index in [4.69, 9.17) is 4.98 Å². The third-order valence-corrected chi connectivity index (χ3v) is 10.00. The number of halogens is 5. The lowest BCUT2D eigenvalue weighted by Gasteiger charge is -2.26. The van der Waals surface area contributed by atoms with Crippen LogP contribution in [0.3, 0.4) is 0 Å². The molecule has 0 fully saturated rings. The summed E-state index contributed by atoms with van der Waals surface area (Å²) in [5, 5.41) is 3.40. The van der Waals surface area contributed by atoms with E-state index in [-0.39, 0.29) is 22.5 Å². The van der Waals surface area contributed by atoms with Crippen molar-refractivity contribution in [3.8, 4) is 0 Å². The molecule has 5 rings (SSSR count). The molecular weight excluding hydrogens is 537 g/mol. The van der Waals surface area contributed by atoms with Crippen molar-refractivity contribution in [2.75, 3.05) is 0 Å². The van der Waals surface area contributed by atoms with E-state index in [2.05, 4.69) is 0 Å². The average molecular weight is 556 g/mol. The zero-order valence-electron chi connectivity index (χ0n) is 18.3. The van der Waals surface area contributed by atoms with Gasteiger partial charge in [0.15, 0.2) is 12.7 Å². The van der Waals surface area contributed by atoms with E-state index in [9.17, 15) is 17.6 Å². The molecule has 35 heavy (non-hydrogen) atoms. The first kappa shape index (κ1) is 25.0. The number of nitrogens with zero attached hydrogens (tertiary/aromatic N) is 1. The fourth-order valence-corrected chi connectivity index (χ4v) is 8.44. The minimum absolute atomic E-state index is 0. The Morgan fingerprint density at radius 2 is 1.06 bits per heavy atom. The van der Waals surface area contributed by atoms with Gasteiger partial charge in [0.25, 0.3) is 0 Å². The second-order valence-corrected chi connectivity index (χ2v) is 11.2. The number of fused-ring (bicyclic) bond motifs is 1. The van der Waals surface area contributed by atoms with Crippen LogP contribution in [0.2, 0.25) is 0 Å². The maximum absolute atomic E-state index is 14.2. The molecule has 0 spiro atoms. The van der Waals surface area contributed by atoms with Gasteiger partial charge in [0.2, 0.25) is 0 Å². The van der Waals surface area contributed by atoms with Crippen molar-refractivity contribution in [2.45, 2.75) is 6.18 Å². The van der Waals surface area contributed by atoms with Gasteiger partial charge >= 0.3 is 6.18 Å². The highest BCUT2D eigenvalue weighted by molar-refractivity contribution is 8.01. The van der Waals surface area contributed by atoms with Crippen molar-refractivity contribution in [3.63, 3.8) is 0 Å². The third kappa shape index (κ3) is 4.49. The van der Waals surface area contributed by atoms with Gasteiger partial charge < -0.3 is 17.0 Å². The molecule has 5 aromatic rings. The first-order valence-electron chi connectivity index (χ1n) is 10.6. The van der Waals surface area contributed by atoms with Crippen molar-refractivity contribution in [3.05, 3.63) is 127 Å². The Bertz CT molecular complexity index is 1350. The molecule has 0 amide bonds. The fraction of sp³-hybridized carbons (Fsp3) is 0.0357. The van der Waals surface area contributed by atoms with Crippen LogP contribution < -0.4 is 38.3 Å². The topological polar surface area (TPSA) is 12.9 Å². The summed E-state index contributed by atoms with van der Waals surface area (Å²) < 4.78 is 54.5. The molecule has 4 aromatic carbocycles. The van der Waals surface area contributed by atoms with Gasteiger partial charge in [-0.3, -0.25) is 0 Å².